The monoisotopic (exact) mass is 338 g/mol. The lowest BCUT2D eigenvalue weighted by atomic mass is 10.0. The zero-order chi connectivity index (χ0) is 17.1. The van der Waals surface area contributed by atoms with Crippen LogP contribution in [0, 0.1) is 17.6 Å². The Morgan fingerprint density at radius 2 is 2.17 bits per heavy atom. The number of nitrogens with one attached hydrogen (secondary N) is 1. The van der Waals surface area contributed by atoms with Crippen molar-refractivity contribution in [2.75, 3.05) is 19.8 Å². The molecule has 130 valence electrons. The Hall–Kier alpha value is -2.02. The highest BCUT2D eigenvalue weighted by Crippen LogP contribution is 2.19. The summed E-state index contributed by atoms with van der Waals surface area (Å²) in [5.41, 5.74) is 0.265. The van der Waals surface area contributed by atoms with Gasteiger partial charge in [-0.15, -0.1) is 0 Å². The SMILES string of the molecule is O=C(N[C@H]1CCCN(Cc2ccc(F)cc2F)C1=O)[C@@H]1CCOC1. The second kappa shape index (κ2) is 7.25. The van der Waals surface area contributed by atoms with Gasteiger partial charge in [0, 0.05) is 31.3 Å². The van der Waals surface area contributed by atoms with Gasteiger partial charge in [-0.1, -0.05) is 6.07 Å². The maximum atomic E-state index is 13.8. The van der Waals surface area contributed by atoms with Gasteiger partial charge in [0.05, 0.1) is 12.5 Å². The van der Waals surface area contributed by atoms with Crippen molar-refractivity contribution >= 4 is 11.8 Å². The highest BCUT2D eigenvalue weighted by atomic mass is 19.1. The Morgan fingerprint density at radius 3 is 2.88 bits per heavy atom. The molecule has 0 radical (unpaired) electrons. The van der Waals surface area contributed by atoms with E-state index in [1.807, 2.05) is 0 Å². The van der Waals surface area contributed by atoms with Gasteiger partial charge in [0.25, 0.3) is 0 Å². The predicted octanol–water partition coefficient (Wildman–Crippen LogP) is 1.61. The maximum Gasteiger partial charge on any atom is 0.245 e. The van der Waals surface area contributed by atoms with Crippen molar-refractivity contribution in [3.8, 4) is 0 Å². The normalized spacial score (nSPS) is 24.2. The van der Waals surface area contributed by atoms with E-state index in [0.29, 0.717) is 32.6 Å². The van der Waals surface area contributed by atoms with Crippen LogP contribution in [0.1, 0.15) is 24.8 Å². The number of carbonyl (C=O) groups excluding carboxylic acids is 2. The van der Waals surface area contributed by atoms with Gasteiger partial charge < -0.3 is 15.0 Å². The van der Waals surface area contributed by atoms with E-state index >= 15 is 0 Å². The van der Waals surface area contributed by atoms with Crippen LogP contribution in [0.5, 0.6) is 0 Å². The zero-order valence-electron chi connectivity index (χ0n) is 13.3. The predicted molar refractivity (Wildman–Crippen MR) is 81.9 cm³/mol. The molecular weight excluding hydrogens is 318 g/mol. The molecule has 0 aromatic heterocycles. The molecule has 5 nitrogen and oxygen atoms in total. The lowest BCUT2D eigenvalue weighted by Gasteiger charge is -2.33. The second-order valence-electron chi connectivity index (χ2n) is 6.26. The standard InChI is InChI=1S/C17H20F2N2O3/c18-13-4-3-11(14(19)8-13)9-21-6-1-2-15(17(21)23)20-16(22)12-5-7-24-10-12/h3-4,8,12,15H,1-2,5-7,9-10H2,(H,20,22)/t12-,15+/m1/s1. The zero-order valence-corrected chi connectivity index (χ0v) is 13.3. The average molecular weight is 338 g/mol. The third-order valence-corrected chi connectivity index (χ3v) is 4.52. The molecule has 2 aliphatic heterocycles. The van der Waals surface area contributed by atoms with Crippen LogP contribution in [-0.2, 0) is 20.9 Å². The molecular formula is C17H20F2N2O3. The number of halogens is 2. The Bertz CT molecular complexity index is 632. The Kier molecular flexibility index (Phi) is 5.08. The summed E-state index contributed by atoms with van der Waals surface area (Å²) >= 11 is 0. The number of benzene rings is 1. The van der Waals surface area contributed by atoms with Gasteiger partial charge in [0.2, 0.25) is 11.8 Å². The first-order valence-corrected chi connectivity index (χ1v) is 8.15. The first-order valence-electron chi connectivity index (χ1n) is 8.15. The van der Waals surface area contributed by atoms with Gasteiger partial charge in [0.1, 0.15) is 17.7 Å². The van der Waals surface area contributed by atoms with Crippen molar-refractivity contribution in [3.63, 3.8) is 0 Å². The lowest BCUT2D eigenvalue weighted by molar-refractivity contribution is -0.140. The number of piperidine rings is 1. The fourth-order valence-corrected chi connectivity index (χ4v) is 3.12. The van der Waals surface area contributed by atoms with E-state index < -0.39 is 17.7 Å². The van der Waals surface area contributed by atoms with Crippen LogP contribution in [0.25, 0.3) is 0 Å². The number of carbonyl (C=O) groups is 2. The van der Waals surface area contributed by atoms with E-state index in [1.54, 1.807) is 0 Å². The molecule has 7 heteroatoms. The molecule has 3 rings (SSSR count). The molecule has 1 aromatic rings. The van der Waals surface area contributed by atoms with E-state index in [2.05, 4.69) is 5.32 Å². The second-order valence-corrected chi connectivity index (χ2v) is 6.26. The molecule has 0 saturated carbocycles. The van der Waals surface area contributed by atoms with Crippen LogP contribution in [0.3, 0.4) is 0 Å². The van der Waals surface area contributed by atoms with Crippen molar-refractivity contribution < 1.29 is 23.1 Å². The Balaban J connectivity index is 1.62. The van der Waals surface area contributed by atoms with Gasteiger partial charge in [-0.3, -0.25) is 9.59 Å². The van der Waals surface area contributed by atoms with Gasteiger partial charge >= 0.3 is 0 Å². The minimum Gasteiger partial charge on any atom is -0.381 e. The summed E-state index contributed by atoms with van der Waals surface area (Å²) in [5, 5.41) is 2.79. The molecule has 24 heavy (non-hydrogen) atoms. The highest BCUT2D eigenvalue weighted by Gasteiger charge is 2.33. The van der Waals surface area contributed by atoms with Crippen LogP contribution in [0.2, 0.25) is 0 Å². The van der Waals surface area contributed by atoms with E-state index in [0.717, 1.165) is 12.5 Å². The first kappa shape index (κ1) is 16.8. The fraction of sp³-hybridized carbons (Fsp3) is 0.529. The van der Waals surface area contributed by atoms with E-state index in [4.69, 9.17) is 4.74 Å². The molecule has 2 atom stereocenters. The average Bonchev–Trinajstić information content (AvgIpc) is 3.08. The molecule has 2 amide bonds. The number of likely N-dealkylation sites (tertiary alicyclic amines) is 1. The van der Waals surface area contributed by atoms with Crippen molar-refractivity contribution in [1.82, 2.24) is 10.2 Å². The fourth-order valence-electron chi connectivity index (χ4n) is 3.12. The van der Waals surface area contributed by atoms with Gasteiger partial charge in [-0.25, -0.2) is 8.78 Å². The smallest absolute Gasteiger partial charge is 0.245 e. The summed E-state index contributed by atoms with van der Waals surface area (Å²) in [6.45, 7) is 1.52. The van der Waals surface area contributed by atoms with Crippen LogP contribution in [0.15, 0.2) is 18.2 Å². The number of ether oxygens (including phenoxy) is 1. The number of rotatable bonds is 4. The van der Waals surface area contributed by atoms with Crippen molar-refractivity contribution in [3.05, 3.63) is 35.4 Å². The molecule has 2 saturated heterocycles. The summed E-state index contributed by atoms with van der Waals surface area (Å²) in [6, 6.07) is 2.74. The van der Waals surface area contributed by atoms with Crippen molar-refractivity contribution in [2.45, 2.75) is 31.8 Å². The minimum atomic E-state index is -0.669. The third kappa shape index (κ3) is 3.72. The number of hydrogen-bond donors (Lipinski definition) is 1. The number of nitrogens with zero attached hydrogens (tertiary/aromatic N) is 1. The summed E-state index contributed by atoms with van der Waals surface area (Å²) in [6.07, 6.45) is 1.96. The molecule has 0 unspecified atom stereocenters. The maximum absolute atomic E-state index is 13.8. The summed E-state index contributed by atoms with van der Waals surface area (Å²) in [4.78, 5) is 26.2. The molecule has 1 N–H and O–H groups in total. The quantitative estimate of drug-likeness (QED) is 0.907. The van der Waals surface area contributed by atoms with Crippen LogP contribution >= 0.6 is 0 Å². The van der Waals surface area contributed by atoms with Gasteiger partial charge in [0.15, 0.2) is 0 Å². The van der Waals surface area contributed by atoms with Gasteiger partial charge in [-0.2, -0.15) is 0 Å². The summed E-state index contributed by atoms with van der Waals surface area (Å²) < 4.78 is 31.9. The van der Waals surface area contributed by atoms with E-state index in [-0.39, 0.29) is 29.8 Å². The molecule has 2 aliphatic rings. The van der Waals surface area contributed by atoms with E-state index in [1.165, 1.54) is 17.0 Å². The molecule has 0 bridgehead atoms. The van der Waals surface area contributed by atoms with E-state index in [9.17, 15) is 18.4 Å². The molecule has 0 aliphatic carbocycles. The first-order chi connectivity index (χ1) is 11.5. The molecule has 0 spiro atoms. The number of amides is 2. The highest BCUT2D eigenvalue weighted by molar-refractivity contribution is 5.89. The van der Waals surface area contributed by atoms with Crippen LogP contribution < -0.4 is 5.32 Å². The molecule has 2 fully saturated rings. The topological polar surface area (TPSA) is 58.6 Å². The largest absolute Gasteiger partial charge is 0.381 e. The van der Waals surface area contributed by atoms with Crippen LogP contribution in [-0.4, -0.2) is 42.5 Å². The Labute approximate surface area is 139 Å². The summed E-state index contributed by atoms with van der Waals surface area (Å²) in [5.74, 6) is -1.91. The third-order valence-electron chi connectivity index (χ3n) is 4.52. The van der Waals surface area contributed by atoms with Gasteiger partial charge in [-0.05, 0) is 25.3 Å². The van der Waals surface area contributed by atoms with Crippen LogP contribution in [0.4, 0.5) is 8.78 Å². The minimum absolute atomic E-state index is 0.0733. The molecule has 2 heterocycles. The Morgan fingerprint density at radius 1 is 1.33 bits per heavy atom. The lowest BCUT2D eigenvalue weighted by Crippen LogP contribution is -2.53. The van der Waals surface area contributed by atoms with Crippen molar-refractivity contribution in [1.29, 1.82) is 0 Å². The molecule has 1 aromatic carbocycles. The summed E-state index contributed by atoms with van der Waals surface area (Å²) in [7, 11) is 0. The number of hydrogen-bond acceptors (Lipinski definition) is 3. The van der Waals surface area contributed by atoms with Crippen molar-refractivity contribution in [2.24, 2.45) is 5.92 Å².